The van der Waals surface area contributed by atoms with Crippen LogP contribution >= 0.6 is 11.6 Å². The predicted octanol–water partition coefficient (Wildman–Crippen LogP) is 4.38. The second kappa shape index (κ2) is 9.28. The Morgan fingerprint density at radius 2 is 1.63 bits per heavy atom. The molecule has 5 nitrogen and oxygen atoms in total. The van der Waals surface area contributed by atoms with E-state index < -0.39 is 15.8 Å². The third-order valence-corrected chi connectivity index (χ3v) is 5.96. The number of amides is 1. The summed E-state index contributed by atoms with van der Waals surface area (Å²) in [7, 11) is -3.71. The average molecular weight is 447 g/mol. The van der Waals surface area contributed by atoms with Crippen LogP contribution in [0.2, 0.25) is 5.02 Å². The van der Waals surface area contributed by atoms with Crippen molar-refractivity contribution in [2.24, 2.45) is 0 Å². The molecule has 3 aromatic rings. The zero-order chi connectivity index (χ0) is 21.7. The number of hydrogen-bond acceptors (Lipinski definition) is 3. The van der Waals surface area contributed by atoms with Crippen LogP contribution in [-0.2, 0) is 23.1 Å². The van der Waals surface area contributed by atoms with Gasteiger partial charge in [0.1, 0.15) is 5.82 Å². The highest BCUT2D eigenvalue weighted by atomic mass is 35.5. The van der Waals surface area contributed by atoms with Gasteiger partial charge in [0.25, 0.3) is 5.91 Å². The van der Waals surface area contributed by atoms with Crippen LogP contribution in [0, 0.1) is 5.82 Å². The van der Waals surface area contributed by atoms with Gasteiger partial charge in [0.2, 0.25) is 10.0 Å². The summed E-state index contributed by atoms with van der Waals surface area (Å²) in [5.41, 5.74) is 1.81. The van der Waals surface area contributed by atoms with E-state index in [1.54, 1.807) is 36.4 Å². The van der Waals surface area contributed by atoms with Crippen LogP contribution in [0.1, 0.15) is 21.5 Å². The maximum Gasteiger partial charge on any atom is 0.251 e. The molecule has 0 aliphatic rings. The standard InChI is InChI=1S/C22H20ClFN2O3S/c1-30(28,29)26(21-9-5-4-8-20(21)24)15-16-10-12-17(13-11-16)22(27)25-14-18-6-2-3-7-19(18)23/h2-13H,14-15H2,1H3,(H,25,27). The normalized spacial score (nSPS) is 11.2. The first-order valence-electron chi connectivity index (χ1n) is 9.08. The molecule has 1 amide bonds. The molecule has 156 valence electrons. The monoisotopic (exact) mass is 446 g/mol. The topological polar surface area (TPSA) is 66.5 Å². The number of benzene rings is 3. The maximum atomic E-state index is 14.1. The van der Waals surface area contributed by atoms with Gasteiger partial charge in [0, 0.05) is 17.1 Å². The van der Waals surface area contributed by atoms with Crippen molar-refractivity contribution in [2.45, 2.75) is 13.1 Å². The molecule has 0 aromatic heterocycles. The number of rotatable bonds is 7. The highest BCUT2D eigenvalue weighted by Gasteiger charge is 2.21. The van der Waals surface area contributed by atoms with Crippen LogP contribution < -0.4 is 9.62 Å². The van der Waals surface area contributed by atoms with Gasteiger partial charge in [-0.25, -0.2) is 12.8 Å². The van der Waals surface area contributed by atoms with Crippen molar-refractivity contribution in [3.63, 3.8) is 0 Å². The van der Waals surface area contributed by atoms with Gasteiger partial charge in [0.15, 0.2) is 0 Å². The van der Waals surface area contributed by atoms with Gasteiger partial charge in [-0.1, -0.05) is 54.1 Å². The number of halogens is 2. The average Bonchev–Trinajstić information content (AvgIpc) is 2.71. The third kappa shape index (κ3) is 5.37. The van der Waals surface area contributed by atoms with Gasteiger partial charge in [-0.2, -0.15) is 0 Å². The molecule has 0 heterocycles. The fourth-order valence-corrected chi connectivity index (χ4v) is 3.97. The van der Waals surface area contributed by atoms with Crippen LogP contribution in [0.25, 0.3) is 0 Å². The van der Waals surface area contributed by atoms with Crippen molar-refractivity contribution in [1.29, 1.82) is 0 Å². The molecular formula is C22H20ClFN2O3S. The second-order valence-electron chi connectivity index (χ2n) is 6.69. The summed E-state index contributed by atoms with van der Waals surface area (Å²) in [6, 6.07) is 19.4. The molecule has 0 radical (unpaired) electrons. The molecule has 0 atom stereocenters. The smallest absolute Gasteiger partial charge is 0.251 e. The summed E-state index contributed by atoms with van der Waals surface area (Å²) in [4.78, 5) is 12.4. The molecule has 3 rings (SSSR count). The van der Waals surface area contributed by atoms with Gasteiger partial charge in [-0.15, -0.1) is 0 Å². The minimum Gasteiger partial charge on any atom is -0.348 e. The molecule has 0 aliphatic heterocycles. The molecule has 1 N–H and O–H groups in total. The van der Waals surface area contributed by atoms with Crippen molar-refractivity contribution < 1.29 is 17.6 Å². The van der Waals surface area contributed by atoms with E-state index in [9.17, 15) is 17.6 Å². The molecule has 0 fully saturated rings. The molecule has 0 saturated heterocycles. The summed E-state index contributed by atoms with van der Waals surface area (Å²) in [6.07, 6.45) is 1.02. The van der Waals surface area contributed by atoms with Crippen molar-refractivity contribution in [1.82, 2.24) is 5.32 Å². The van der Waals surface area contributed by atoms with Gasteiger partial charge < -0.3 is 5.32 Å². The Labute approximate surface area is 180 Å². The van der Waals surface area contributed by atoms with E-state index in [2.05, 4.69) is 5.32 Å². The van der Waals surface area contributed by atoms with E-state index in [4.69, 9.17) is 11.6 Å². The largest absolute Gasteiger partial charge is 0.348 e. The quantitative estimate of drug-likeness (QED) is 0.585. The third-order valence-electron chi connectivity index (χ3n) is 4.46. The van der Waals surface area contributed by atoms with Crippen LogP contribution in [-0.4, -0.2) is 20.6 Å². The van der Waals surface area contributed by atoms with E-state index in [1.165, 1.54) is 18.2 Å². The molecule has 30 heavy (non-hydrogen) atoms. The summed E-state index contributed by atoms with van der Waals surface area (Å²) in [5.74, 6) is -0.908. The maximum absolute atomic E-state index is 14.1. The predicted molar refractivity (Wildman–Crippen MR) is 116 cm³/mol. The van der Waals surface area contributed by atoms with E-state index in [0.717, 1.165) is 16.1 Å². The molecule has 3 aromatic carbocycles. The summed E-state index contributed by atoms with van der Waals surface area (Å²) >= 11 is 6.09. The first kappa shape index (κ1) is 21.8. The lowest BCUT2D eigenvalue weighted by atomic mass is 10.1. The van der Waals surface area contributed by atoms with Crippen LogP contribution in [0.5, 0.6) is 0 Å². The van der Waals surface area contributed by atoms with Crippen LogP contribution in [0.15, 0.2) is 72.8 Å². The first-order valence-corrected chi connectivity index (χ1v) is 11.3. The van der Waals surface area contributed by atoms with E-state index in [1.807, 2.05) is 18.2 Å². The molecule has 0 bridgehead atoms. The van der Waals surface area contributed by atoms with E-state index in [-0.39, 0.29) is 24.7 Å². The Kier molecular flexibility index (Phi) is 6.74. The SMILES string of the molecule is CS(=O)(=O)N(Cc1ccc(C(=O)NCc2ccccc2Cl)cc1)c1ccccc1F. The number of nitrogens with one attached hydrogen (secondary N) is 1. The van der Waals surface area contributed by atoms with Gasteiger partial charge in [-0.05, 0) is 41.5 Å². The minimum atomic E-state index is -3.71. The number of sulfonamides is 1. The molecule has 0 spiro atoms. The van der Waals surface area contributed by atoms with Crippen molar-refractivity contribution in [2.75, 3.05) is 10.6 Å². The summed E-state index contributed by atoms with van der Waals surface area (Å²) in [6.45, 7) is 0.233. The van der Waals surface area contributed by atoms with Gasteiger partial charge >= 0.3 is 0 Å². The number of para-hydroxylation sites is 1. The number of nitrogens with zero attached hydrogens (tertiary/aromatic N) is 1. The minimum absolute atomic E-state index is 0.0263. The van der Waals surface area contributed by atoms with Crippen LogP contribution in [0.4, 0.5) is 10.1 Å². The number of hydrogen-bond donors (Lipinski definition) is 1. The van der Waals surface area contributed by atoms with Gasteiger partial charge in [-0.3, -0.25) is 9.10 Å². The highest BCUT2D eigenvalue weighted by Crippen LogP contribution is 2.24. The molecule has 0 unspecified atom stereocenters. The number of anilines is 1. The lowest BCUT2D eigenvalue weighted by molar-refractivity contribution is 0.0951. The first-order chi connectivity index (χ1) is 14.3. The van der Waals surface area contributed by atoms with Crippen molar-refractivity contribution in [3.8, 4) is 0 Å². The van der Waals surface area contributed by atoms with E-state index >= 15 is 0 Å². The highest BCUT2D eigenvalue weighted by molar-refractivity contribution is 7.92. The zero-order valence-corrected chi connectivity index (χ0v) is 17.8. The lowest BCUT2D eigenvalue weighted by Crippen LogP contribution is -2.30. The van der Waals surface area contributed by atoms with Crippen molar-refractivity contribution >= 4 is 33.2 Å². The second-order valence-corrected chi connectivity index (χ2v) is 9.01. The summed E-state index contributed by atoms with van der Waals surface area (Å²) in [5, 5.41) is 3.37. The zero-order valence-electron chi connectivity index (χ0n) is 16.2. The summed E-state index contributed by atoms with van der Waals surface area (Å²) < 4.78 is 39.5. The van der Waals surface area contributed by atoms with Crippen molar-refractivity contribution in [3.05, 3.63) is 100 Å². The fourth-order valence-electron chi connectivity index (χ4n) is 2.88. The lowest BCUT2D eigenvalue weighted by Gasteiger charge is -2.23. The number of carbonyl (C=O) groups excluding carboxylic acids is 1. The Morgan fingerprint density at radius 1 is 1.00 bits per heavy atom. The Bertz CT molecular complexity index is 1150. The number of carbonyl (C=O) groups is 1. The fraction of sp³-hybridized carbons (Fsp3) is 0.136. The van der Waals surface area contributed by atoms with E-state index in [0.29, 0.717) is 16.1 Å². The molecule has 0 saturated carbocycles. The Hall–Kier alpha value is -2.90. The Balaban J connectivity index is 1.72. The molecular weight excluding hydrogens is 427 g/mol. The van der Waals surface area contributed by atoms with Crippen LogP contribution in [0.3, 0.4) is 0 Å². The molecule has 8 heteroatoms. The molecule has 0 aliphatic carbocycles. The Morgan fingerprint density at radius 3 is 2.27 bits per heavy atom. The van der Waals surface area contributed by atoms with Gasteiger partial charge in [0.05, 0.1) is 18.5 Å².